The van der Waals surface area contributed by atoms with Crippen LogP contribution in [0.15, 0.2) is 24.4 Å². The highest BCUT2D eigenvalue weighted by molar-refractivity contribution is 5.79. The molecule has 4 nitrogen and oxygen atoms in total. The summed E-state index contributed by atoms with van der Waals surface area (Å²) < 4.78 is 1.89. The van der Waals surface area contributed by atoms with Gasteiger partial charge in [-0.3, -0.25) is 9.48 Å². The molecule has 1 aromatic carbocycles. The zero-order valence-electron chi connectivity index (χ0n) is 8.60. The maximum absolute atomic E-state index is 10.1. The van der Waals surface area contributed by atoms with Crippen molar-refractivity contribution in [1.82, 2.24) is 15.1 Å². The number of amides is 1. The normalized spacial score (nSPS) is 10.5. The molecule has 0 atom stereocenters. The van der Waals surface area contributed by atoms with Crippen LogP contribution in [0.2, 0.25) is 0 Å². The van der Waals surface area contributed by atoms with Crippen LogP contribution in [0.5, 0.6) is 0 Å². The third-order valence-corrected chi connectivity index (χ3v) is 2.35. The van der Waals surface area contributed by atoms with Gasteiger partial charge in [0.1, 0.15) is 0 Å². The van der Waals surface area contributed by atoms with Gasteiger partial charge in [0.05, 0.1) is 18.3 Å². The average Bonchev–Trinajstić information content (AvgIpc) is 2.61. The number of aryl methyl sites for hydroxylation is 1. The Morgan fingerprint density at radius 1 is 1.53 bits per heavy atom. The second-order valence-electron chi connectivity index (χ2n) is 3.50. The van der Waals surface area contributed by atoms with Crippen molar-refractivity contribution in [3.8, 4) is 0 Å². The van der Waals surface area contributed by atoms with E-state index in [4.69, 9.17) is 0 Å². The Hall–Kier alpha value is -1.84. The number of rotatable bonds is 4. The summed E-state index contributed by atoms with van der Waals surface area (Å²) >= 11 is 0. The van der Waals surface area contributed by atoms with Gasteiger partial charge in [-0.15, -0.1) is 0 Å². The third kappa shape index (κ3) is 1.98. The zero-order chi connectivity index (χ0) is 10.7. The van der Waals surface area contributed by atoms with Crippen LogP contribution in [-0.2, 0) is 11.3 Å². The number of hydrogen-bond acceptors (Lipinski definition) is 2. The summed E-state index contributed by atoms with van der Waals surface area (Å²) in [5.41, 5.74) is 2.33. The summed E-state index contributed by atoms with van der Waals surface area (Å²) in [7, 11) is 0. The molecule has 0 saturated heterocycles. The van der Waals surface area contributed by atoms with Crippen molar-refractivity contribution in [1.29, 1.82) is 0 Å². The van der Waals surface area contributed by atoms with Gasteiger partial charge in [-0.25, -0.2) is 0 Å². The topological polar surface area (TPSA) is 46.9 Å². The highest BCUT2D eigenvalue weighted by Gasteiger charge is 2.01. The van der Waals surface area contributed by atoms with Crippen LogP contribution in [0.1, 0.15) is 5.56 Å². The first-order valence-electron chi connectivity index (χ1n) is 4.90. The number of aromatic nitrogens is 2. The van der Waals surface area contributed by atoms with Crippen LogP contribution in [0.4, 0.5) is 0 Å². The van der Waals surface area contributed by atoms with Crippen molar-refractivity contribution in [2.24, 2.45) is 0 Å². The Balaban J connectivity index is 2.24. The van der Waals surface area contributed by atoms with Crippen LogP contribution in [-0.4, -0.2) is 22.7 Å². The first-order chi connectivity index (χ1) is 7.31. The maximum Gasteiger partial charge on any atom is 0.207 e. The number of benzene rings is 1. The summed E-state index contributed by atoms with van der Waals surface area (Å²) in [5, 5.41) is 8.03. The van der Waals surface area contributed by atoms with E-state index in [1.165, 1.54) is 5.56 Å². The summed E-state index contributed by atoms with van der Waals surface area (Å²) in [6.07, 6.45) is 2.55. The minimum atomic E-state index is 0.605. The Kier molecular flexibility index (Phi) is 2.67. The van der Waals surface area contributed by atoms with E-state index in [1.54, 1.807) is 0 Å². The molecule has 1 heterocycles. The molecule has 1 N–H and O–H groups in total. The second-order valence-corrected chi connectivity index (χ2v) is 3.50. The minimum Gasteiger partial charge on any atom is -0.357 e. The molecule has 0 aliphatic carbocycles. The van der Waals surface area contributed by atoms with Gasteiger partial charge >= 0.3 is 0 Å². The second kappa shape index (κ2) is 4.13. The van der Waals surface area contributed by atoms with Crippen molar-refractivity contribution >= 4 is 17.3 Å². The smallest absolute Gasteiger partial charge is 0.207 e. The summed E-state index contributed by atoms with van der Waals surface area (Å²) in [4.78, 5) is 10.1. The van der Waals surface area contributed by atoms with Gasteiger partial charge < -0.3 is 5.32 Å². The molecule has 15 heavy (non-hydrogen) atoms. The fourth-order valence-corrected chi connectivity index (χ4v) is 1.61. The summed E-state index contributed by atoms with van der Waals surface area (Å²) in [6, 6.07) is 6.22. The summed E-state index contributed by atoms with van der Waals surface area (Å²) in [5.74, 6) is 0. The molecule has 0 aliphatic rings. The Labute approximate surface area is 87.9 Å². The standard InChI is InChI=1S/C11H13N3O/c1-9-2-3-11-10(6-9)7-13-14(11)5-4-12-8-15/h2-3,6-8H,4-5H2,1H3,(H,12,15). The number of nitrogens with one attached hydrogen (secondary N) is 1. The van der Waals surface area contributed by atoms with E-state index in [-0.39, 0.29) is 0 Å². The molecule has 0 aliphatic heterocycles. The van der Waals surface area contributed by atoms with Crippen LogP contribution < -0.4 is 5.32 Å². The lowest BCUT2D eigenvalue weighted by molar-refractivity contribution is -0.109. The fraction of sp³-hybridized carbons (Fsp3) is 0.273. The number of carbonyl (C=O) groups excluding carboxylic acids is 1. The quantitative estimate of drug-likeness (QED) is 0.597. The number of carbonyl (C=O) groups is 1. The maximum atomic E-state index is 10.1. The predicted molar refractivity (Wildman–Crippen MR) is 58.5 cm³/mol. The monoisotopic (exact) mass is 203 g/mol. The predicted octanol–water partition coefficient (Wildman–Crippen LogP) is 1.09. The van der Waals surface area contributed by atoms with Crippen LogP contribution in [0.25, 0.3) is 10.9 Å². The van der Waals surface area contributed by atoms with Crippen LogP contribution in [0, 0.1) is 6.92 Å². The van der Waals surface area contributed by atoms with Gasteiger partial charge in [0.15, 0.2) is 0 Å². The number of fused-ring (bicyclic) bond motifs is 1. The van der Waals surface area contributed by atoms with E-state index in [2.05, 4.69) is 35.5 Å². The molecule has 4 heteroatoms. The number of nitrogens with zero attached hydrogens (tertiary/aromatic N) is 2. The lowest BCUT2D eigenvalue weighted by atomic mass is 10.2. The molecule has 2 aromatic rings. The first kappa shape index (κ1) is 9.71. The SMILES string of the molecule is Cc1ccc2c(cnn2CCNC=O)c1. The molecule has 1 aromatic heterocycles. The van der Waals surface area contributed by atoms with Gasteiger partial charge in [0, 0.05) is 11.9 Å². The Morgan fingerprint density at radius 3 is 3.20 bits per heavy atom. The van der Waals surface area contributed by atoms with Crippen LogP contribution >= 0.6 is 0 Å². The molecule has 2 rings (SSSR count). The molecule has 0 fully saturated rings. The lowest BCUT2D eigenvalue weighted by Gasteiger charge is -2.02. The van der Waals surface area contributed by atoms with Crippen molar-refractivity contribution in [3.05, 3.63) is 30.0 Å². The first-order valence-corrected chi connectivity index (χ1v) is 4.90. The summed E-state index contributed by atoms with van der Waals surface area (Å²) in [6.45, 7) is 3.37. The third-order valence-electron chi connectivity index (χ3n) is 2.35. The van der Waals surface area contributed by atoms with E-state index in [9.17, 15) is 4.79 Å². The van der Waals surface area contributed by atoms with Crippen molar-refractivity contribution < 1.29 is 4.79 Å². The molecular formula is C11H13N3O. The number of hydrogen-bond donors (Lipinski definition) is 1. The molecular weight excluding hydrogens is 190 g/mol. The Morgan fingerprint density at radius 2 is 2.40 bits per heavy atom. The lowest BCUT2D eigenvalue weighted by Crippen LogP contribution is -2.18. The molecule has 0 radical (unpaired) electrons. The van der Waals surface area contributed by atoms with Gasteiger partial charge in [-0.05, 0) is 19.1 Å². The minimum absolute atomic E-state index is 0.605. The highest BCUT2D eigenvalue weighted by Crippen LogP contribution is 2.14. The van der Waals surface area contributed by atoms with E-state index in [0.29, 0.717) is 19.5 Å². The molecule has 0 saturated carbocycles. The van der Waals surface area contributed by atoms with Gasteiger partial charge in [-0.1, -0.05) is 11.6 Å². The molecule has 0 bridgehead atoms. The van der Waals surface area contributed by atoms with E-state index >= 15 is 0 Å². The van der Waals surface area contributed by atoms with Gasteiger partial charge in [0.25, 0.3) is 0 Å². The van der Waals surface area contributed by atoms with Crippen LogP contribution in [0.3, 0.4) is 0 Å². The average molecular weight is 203 g/mol. The zero-order valence-corrected chi connectivity index (χ0v) is 8.60. The van der Waals surface area contributed by atoms with Gasteiger partial charge in [0.2, 0.25) is 6.41 Å². The van der Waals surface area contributed by atoms with E-state index in [1.807, 2.05) is 10.9 Å². The highest BCUT2D eigenvalue weighted by atomic mass is 16.1. The Bertz CT molecular complexity index is 476. The fourth-order valence-electron chi connectivity index (χ4n) is 1.61. The van der Waals surface area contributed by atoms with E-state index < -0.39 is 0 Å². The molecule has 0 unspecified atom stereocenters. The van der Waals surface area contributed by atoms with Crippen molar-refractivity contribution in [3.63, 3.8) is 0 Å². The molecule has 0 spiro atoms. The van der Waals surface area contributed by atoms with Gasteiger partial charge in [-0.2, -0.15) is 5.10 Å². The van der Waals surface area contributed by atoms with Crippen molar-refractivity contribution in [2.75, 3.05) is 6.54 Å². The van der Waals surface area contributed by atoms with Crippen molar-refractivity contribution in [2.45, 2.75) is 13.5 Å². The van der Waals surface area contributed by atoms with E-state index in [0.717, 1.165) is 10.9 Å². The largest absolute Gasteiger partial charge is 0.357 e. The molecule has 1 amide bonds. The molecule has 78 valence electrons.